The Balaban J connectivity index is 3.27. The fourth-order valence-corrected chi connectivity index (χ4v) is 3.07. The number of carbonyl (C=O) groups is 3. The fourth-order valence-electron chi connectivity index (χ4n) is 3.07. The van der Waals surface area contributed by atoms with E-state index in [1.807, 2.05) is 26.8 Å². The number of hydrogen-bond donors (Lipinski definition) is 2. The number of rotatable bonds is 10. The molecule has 0 saturated carbocycles. The van der Waals surface area contributed by atoms with E-state index in [2.05, 4.69) is 16.7 Å². The van der Waals surface area contributed by atoms with E-state index in [9.17, 15) is 14.4 Å². The van der Waals surface area contributed by atoms with Crippen LogP contribution in [0, 0.1) is 18.4 Å². The summed E-state index contributed by atoms with van der Waals surface area (Å²) in [6, 6.07) is 9.32. The van der Waals surface area contributed by atoms with Crippen molar-refractivity contribution in [3.05, 3.63) is 35.9 Å². The van der Waals surface area contributed by atoms with Crippen molar-refractivity contribution in [1.82, 2.24) is 15.5 Å². The second-order valence-electron chi connectivity index (χ2n) is 8.80. The van der Waals surface area contributed by atoms with Crippen LogP contribution in [0.5, 0.6) is 0 Å². The van der Waals surface area contributed by atoms with Crippen molar-refractivity contribution in [2.24, 2.45) is 5.92 Å². The quantitative estimate of drug-likeness (QED) is 0.325. The van der Waals surface area contributed by atoms with E-state index in [-0.39, 0.29) is 11.8 Å². The molecular formula is C25H37N3O4. The summed E-state index contributed by atoms with van der Waals surface area (Å²) in [4.78, 5) is 40.1. The molecule has 3 atom stereocenters. The number of amides is 3. The highest BCUT2D eigenvalue weighted by Crippen LogP contribution is 2.24. The second kappa shape index (κ2) is 12.7. The number of ether oxygens (including phenoxy) is 1. The van der Waals surface area contributed by atoms with Crippen molar-refractivity contribution in [1.29, 1.82) is 0 Å². The molecule has 32 heavy (non-hydrogen) atoms. The summed E-state index contributed by atoms with van der Waals surface area (Å²) in [6.07, 6.45) is 7.38. The summed E-state index contributed by atoms with van der Waals surface area (Å²) in [7, 11) is 0. The summed E-state index contributed by atoms with van der Waals surface area (Å²) < 4.78 is 5.33. The molecule has 0 bridgehead atoms. The van der Waals surface area contributed by atoms with Gasteiger partial charge in [-0.15, -0.1) is 0 Å². The molecule has 0 aliphatic rings. The number of terminal acetylenes is 1. The maximum absolute atomic E-state index is 13.6. The van der Waals surface area contributed by atoms with E-state index < -0.39 is 29.7 Å². The Morgan fingerprint density at radius 2 is 1.78 bits per heavy atom. The van der Waals surface area contributed by atoms with Gasteiger partial charge in [-0.2, -0.15) is 0 Å². The normalized spacial score (nSPS) is 13.8. The van der Waals surface area contributed by atoms with Crippen LogP contribution in [0.25, 0.3) is 0 Å². The van der Waals surface area contributed by atoms with Crippen molar-refractivity contribution in [2.75, 3.05) is 6.54 Å². The predicted octanol–water partition coefficient (Wildman–Crippen LogP) is 4.00. The molecular weight excluding hydrogens is 406 g/mol. The van der Waals surface area contributed by atoms with Crippen molar-refractivity contribution in [3.8, 4) is 12.5 Å². The van der Waals surface area contributed by atoms with Gasteiger partial charge in [-0.3, -0.25) is 14.5 Å². The lowest BCUT2D eigenvalue weighted by Crippen LogP contribution is -2.53. The minimum Gasteiger partial charge on any atom is -0.444 e. The summed E-state index contributed by atoms with van der Waals surface area (Å²) in [5.74, 6) is -1.13. The highest BCUT2D eigenvalue weighted by Gasteiger charge is 2.37. The summed E-state index contributed by atoms with van der Waals surface area (Å²) in [5.41, 5.74) is -0.127. The molecule has 0 heterocycles. The Labute approximate surface area is 192 Å². The predicted molar refractivity (Wildman–Crippen MR) is 125 cm³/mol. The molecule has 3 unspecified atom stereocenters. The maximum atomic E-state index is 13.6. The molecule has 1 rings (SSSR count). The Kier molecular flexibility index (Phi) is 10.8. The van der Waals surface area contributed by atoms with E-state index in [0.29, 0.717) is 18.5 Å². The minimum absolute atomic E-state index is 0.231. The average Bonchev–Trinajstić information content (AvgIpc) is 2.74. The van der Waals surface area contributed by atoms with Gasteiger partial charge in [0.25, 0.3) is 5.91 Å². The topological polar surface area (TPSA) is 87.7 Å². The van der Waals surface area contributed by atoms with Gasteiger partial charge in [0.2, 0.25) is 5.91 Å². The smallest absolute Gasteiger partial charge is 0.408 e. The number of nitrogens with one attached hydrogen (secondary N) is 2. The van der Waals surface area contributed by atoms with Gasteiger partial charge >= 0.3 is 6.09 Å². The first kappa shape index (κ1) is 27.0. The Morgan fingerprint density at radius 1 is 1.16 bits per heavy atom. The van der Waals surface area contributed by atoms with Crippen LogP contribution in [0.1, 0.15) is 72.4 Å². The van der Waals surface area contributed by atoms with Crippen LogP contribution < -0.4 is 10.6 Å². The number of unbranched alkanes of at least 4 members (excludes halogenated alkanes) is 1. The zero-order valence-electron chi connectivity index (χ0n) is 20.1. The molecule has 7 heteroatoms. The third kappa shape index (κ3) is 8.26. The zero-order valence-corrected chi connectivity index (χ0v) is 20.1. The van der Waals surface area contributed by atoms with Gasteiger partial charge in [0, 0.05) is 12.6 Å². The van der Waals surface area contributed by atoms with Crippen molar-refractivity contribution in [2.45, 2.75) is 78.5 Å². The average molecular weight is 444 g/mol. The van der Waals surface area contributed by atoms with Crippen LogP contribution in [-0.2, 0) is 14.3 Å². The number of nitrogens with zero attached hydrogens (tertiary/aromatic N) is 1. The standard InChI is InChI=1S/C25H37N3O4/c1-8-11-17-26-22(29)21(19-15-13-12-14-16-19)28(10-3)23(30)20(18(4)9-2)27-24(31)32-25(5,6)7/h3,12-16,18,20-21H,8-9,11,17H2,1-2,4-7H3,(H,26,29)(H,27,31). The third-order valence-electron chi connectivity index (χ3n) is 4.98. The van der Waals surface area contributed by atoms with E-state index in [1.165, 1.54) is 0 Å². The Bertz CT molecular complexity index is 796. The number of alkyl carbamates (subject to hydrolysis) is 1. The van der Waals surface area contributed by atoms with Crippen molar-refractivity contribution < 1.29 is 19.1 Å². The molecule has 1 aromatic carbocycles. The lowest BCUT2D eigenvalue weighted by Gasteiger charge is -2.32. The molecule has 176 valence electrons. The van der Waals surface area contributed by atoms with E-state index in [1.54, 1.807) is 45.0 Å². The highest BCUT2D eigenvalue weighted by atomic mass is 16.6. The van der Waals surface area contributed by atoms with Gasteiger partial charge < -0.3 is 15.4 Å². The van der Waals surface area contributed by atoms with Gasteiger partial charge in [-0.05, 0) is 38.7 Å². The third-order valence-corrected chi connectivity index (χ3v) is 4.98. The van der Waals surface area contributed by atoms with Crippen molar-refractivity contribution in [3.63, 3.8) is 0 Å². The molecule has 0 aliphatic carbocycles. The maximum Gasteiger partial charge on any atom is 0.408 e. The molecule has 0 spiro atoms. The second-order valence-corrected chi connectivity index (χ2v) is 8.80. The Hall–Kier alpha value is -3.01. The molecule has 0 aliphatic heterocycles. The van der Waals surface area contributed by atoms with Crippen molar-refractivity contribution >= 4 is 17.9 Å². The van der Waals surface area contributed by atoms with E-state index in [4.69, 9.17) is 11.2 Å². The molecule has 7 nitrogen and oxygen atoms in total. The number of hydrogen-bond acceptors (Lipinski definition) is 4. The van der Waals surface area contributed by atoms with Gasteiger partial charge in [0.1, 0.15) is 17.7 Å². The highest BCUT2D eigenvalue weighted by molar-refractivity contribution is 5.93. The van der Waals surface area contributed by atoms with Gasteiger partial charge in [-0.25, -0.2) is 4.79 Å². The van der Waals surface area contributed by atoms with Crippen LogP contribution >= 0.6 is 0 Å². The first-order valence-corrected chi connectivity index (χ1v) is 11.2. The molecule has 0 aromatic heterocycles. The SMILES string of the molecule is C#CN(C(=O)C(NC(=O)OC(C)(C)C)C(C)CC)C(C(=O)NCCCC)c1ccccc1. The van der Waals surface area contributed by atoms with Crippen LogP contribution in [0.15, 0.2) is 30.3 Å². The van der Waals surface area contributed by atoms with Crippen LogP contribution in [0.4, 0.5) is 4.79 Å². The van der Waals surface area contributed by atoms with Crippen LogP contribution in [0.3, 0.4) is 0 Å². The van der Waals surface area contributed by atoms with Gasteiger partial charge in [0.15, 0.2) is 0 Å². The van der Waals surface area contributed by atoms with E-state index >= 15 is 0 Å². The number of benzene rings is 1. The zero-order chi connectivity index (χ0) is 24.3. The van der Waals surface area contributed by atoms with Gasteiger partial charge in [0.05, 0.1) is 0 Å². The van der Waals surface area contributed by atoms with Crippen LogP contribution in [0.2, 0.25) is 0 Å². The molecule has 2 N–H and O–H groups in total. The lowest BCUT2D eigenvalue weighted by atomic mass is 9.96. The molecule has 0 fully saturated rings. The summed E-state index contributed by atoms with van der Waals surface area (Å²) >= 11 is 0. The fraction of sp³-hybridized carbons (Fsp3) is 0.560. The summed E-state index contributed by atoms with van der Waals surface area (Å²) in [5, 5.41) is 5.52. The Morgan fingerprint density at radius 3 is 2.28 bits per heavy atom. The number of carbonyl (C=O) groups excluding carboxylic acids is 3. The first-order valence-electron chi connectivity index (χ1n) is 11.2. The molecule has 3 amide bonds. The van der Waals surface area contributed by atoms with Gasteiger partial charge in [-0.1, -0.05) is 70.4 Å². The van der Waals surface area contributed by atoms with E-state index in [0.717, 1.165) is 17.7 Å². The van der Waals surface area contributed by atoms with Crippen LogP contribution in [-0.4, -0.2) is 41.0 Å². The largest absolute Gasteiger partial charge is 0.444 e. The monoisotopic (exact) mass is 443 g/mol. The molecule has 0 saturated heterocycles. The molecule has 1 aromatic rings. The minimum atomic E-state index is -1.02. The lowest BCUT2D eigenvalue weighted by molar-refractivity contribution is -0.139. The summed E-state index contributed by atoms with van der Waals surface area (Å²) in [6.45, 7) is 11.5. The molecule has 0 radical (unpaired) electrons. The first-order chi connectivity index (χ1) is 15.1.